The SMILES string of the molecule is COC1C(C(=O)N(c2cc(Cl)cc(Cl)c2)[C@@H]2CN(C(C)=O)C[C@H]2O)OC(CO)C(O)C1n1cc(-c2ccc(Br)c(F)c2F)nn1. The number of likely N-dealkylation sites (tertiary alicyclic amines) is 1. The molecular weight excluding hydrogens is 707 g/mol. The quantitative estimate of drug-likeness (QED) is 0.312. The van der Waals surface area contributed by atoms with E-state index in [0.717, 1.165) is 4.68 Å². The molecule has 7 atom stereocenters. The second-order valence-corrected chi connectivity index (χ2v) is 12.4. The van der Waals surface area contributed by atoms with E-state index in [-0.39, 0.29) is 50.5 Å². The van der Waals surface area contributed by atoms with Gasteiger partial charge in [-0.2, -0.15) is 0 Å². The first-order chi connectivity index (χ1) is 21.4. The highest BCUT2D eigenvalue weighted by atomic mass is 79.9. The lowest BCUT2D eigenvalue weighted by Crippen LogP contribution is -2.63. The topological polar surface area (TPSA) is 150 Å². The van der Waals surface area contributed by atoms with Crippen molar-refractivity contribution in [2.75, 3.05) is 31.7 Å². The third-order valence-electron chi connectivity index (χ3n) is 7.91. The minimum absolute atomic E-state index is 0.0338. The van der Waals surface area contributed by atoms with Crippen molar-refractivity contribution in [2.24, 2.45) is 0 Å². The van der Waals surface area contributed by atoms with E-state index in [1.165, 1.54) is 60.4 Å². The second kappa shape index (κ2) is 13.5. The molecule has 242 valence electrons. The number of hydrogen-bond donors (Lipinski definition) is 3. The minimum atomic E-state index is -1.54. The Balaban J connectivity index is 1.56. The van der Waals surface area contributed by atoms with Crippen LogP contribution in [0.4, 0.5) is 14.5 Å². The number of methoxy groups -OCH3 is 1. The zero-order valence-corrected chi connectivity index (χ0v) is 26.8. The summed E-state index contributed by atoms with van der Waals surface area (Å²) in [6.07, 6.45) is -5.61. The molecule has 2 saturated heterocycles. The van der Waals surface area contributed by atoms with Crippen LogP contribution in [0.5, 0.6) is 0 Å². The van der Waals surface area contributed by atoms with Gasteiger partial charge in [-0.15, -0.1) is 5.10 Å². The summed E-state index contributed by atoms with van der Waals surface area (Å²) < 4.78 is 41.6. The Morgan fingerprint density at radius 3 is 2.44 bits per heavy atom. The fourth-order valence-corrected chi connectivity index (χ4v) is 6.53. The number of rotatable bonds is 7. The standard InChI is InChI=1S/C28H28BrCl2F2N5O7/c1-12(40)36-9-19(20(41)10-36)38(15-6-13(30)5-14(31)7-15)28(43)27-26(44-2)24(25(42)21(11-39)45-27)37-8-18(34-35-37)16-3-4-17(29)23(33)22(16)32/h3-8,19-21,24-27,39,41-42H,9-11H2,1-2H3/t19-,20-,21?,24?,25?,26?,27?/m1/s1. The highest BCUT2D eigenvalue weighted by Crippen LogP contribution is 2.37. The monoisotopic (exact) mass is 733 g/mol. The number of hydrogen-bond acceptors (Lipinski definition) is 9. The molecule has 12 nitrogen and oxygen atoms in total. The Morgan fingerprint density at radius 1 is 1.16 bits per heavy atom. The first-order valence-electron chi connectivity index (χ1n) is 13.6. The highest BCUT2D eigenvalue weighted by molar-refractivity contribution is 9.10. The average molecular weight is 735 g/mol. The maximum Gasteiger partial charge on any atom is 0.259 e. The van der Waals surface area contributed by atoms with Gasteiger partial charge in [-0.05, 0) is 46.3 Å². The number of β-amino-alcohol motifs (C(OH)–C–C–N with tert-alkyl or cyclic N) is 1. The van der Waals surface area contributed by atoms with Crippen LogP contribution in [0.2, 0.25) is 10.0 Å². The molecule has 0 aliphatic carbocycles. The first-order valence-corrected chi connectivity index (χ1v) is 15.2. The first kappa shape index (κ1) is 33.6. The maximum absolute atomic E-state index is 14.7. The molecule has 0 spiro atoms. The number of halogens is 5. The Bertz CT molecular complexity index is 1580. The molecule has 2 amide bonds. The minimum Gasteiger partial charge on any atom is -0.394 e. The van der Waals surface area contributed by atoms with Crippen molar-refractivity contribution in [3.05, 3.63) is 62.7 Å². The zero-order chi connectivity index (χ0) is 32.7. The molecule has 3 aromatic rings. The van der Waals surface area contributed by atoms with Crippen LogP contribution in [0.3, 0.4) is 0 Å². The smallest absolute Gasteiger partial charge is 0.259 e. The predicted molar refractivity (Wildman–Crippen MR) is 161 cm³/mol. The lowest BCUT2D eigenvalue weighted by Gasteiger charge is -2.45. The number of carbonyl (C=O) groups is 2. The number of carbonyl (C=O) groups excluding carboxylic acids is 2. The van der Waals surface area contributed by atoms with Crippen molar-refractivity contribution in [3.63, 3.8) is 0 Å². The van der Waals surface area contributed by atoms with Crippen molar-refractivity contribution in [1.82, 2.24) is 19.9 Å². The third-order valence-corrected chi connectivity index (χ3v) is 8.96. The number of anilines is 1. The van der Waals surface area contributed by atoms with E-state index in [1.54, 1.807) is 0 Å². The van der Waals surface area contributed by atoms with Gasteiger partial charge in [-0.1, -0.05) is 28.4 Å². The molecule has 2 fully saturated rings. The number of amides is 2. The zero-order valence-electron chi connectivity index (χ0n) is 23.7. The number of aliphatic hydroxyl groups is 3. The molecule has 2 aromatic carbocycles. The van der Waals surface area contributed by atoms with Crippen molar-refractivity contribution in [3.8, 4) is 11.3 Å². The lowest BCUT2D eigenvalue weighted by atomic mass is 9.91. The molecule has 0 bridgehead atoms. The molecule has 3 heterocycles. The number of benzene rings is 2. The Labute approximate surface area is 274 Å². The molecule has 0 radical (unpaired) electrons. The molecule has 2 aliphatic heterocycles. The number of ether oxygens (including phenoxy) is 2. The van der Waals surface area contributed by atoms with Gasteiger partial charge >= 0.3 is 0 Å². The predicted octanol–water partition coefficient (Wildman–Crippen LogP) is 2.59. The van der Waals surface area contributed by atoms with Gasteiger partial charge in [0.2, 0.25) is 5.91 Å². The van der Waals surface area contributed by atoms with E-state index in [2.05, 4.69) is 26.2 Å². The molecule has 17 heteroatoms. The summed E-state index contributed by atoms with van der Waals surface area (Å²) in [7, 11) is 1.26. The number of aromatic nitrogens is 3. The van der Waals surface area contributed by atoms with E-state index in [9.17, 15) is 33.7 Å². The van der Waals surface area contributed by atoms with Gasteiger partial charge in [-0.3, -0.25) is 9.59 Å². The Morgan fingerprint density at radius 2 is 1.84 bits per heavy atom. The van der Waals surface area contributed by atoms with Crippen molar-refractivity contribution in [1.29, 1.82) is 0 Å². The molecular formula is C28H28BrCl2F2N5O7. The van der Waals surface area contributed by atoms with Crippen LogP contribution >= 0.6 is 39.1 Å². The van der Waals surface area contributed by atoms with Gasteiger partial charge in [0.25, 0.3) is 5.91 Å². The molecule has 3 N–H and O–H groups in total. The summed E-state index contributed by atoms with van der Waals surface area (Å²) in [6, 6.07) is 4.74. The van der Waals surface area contributed by atoms with Crippen LogP contribution in [-0.4, -0.2) is 110 Å². The van der Waals surface area contributed by atoms with Crippen molar-refractivity contribution >= 4 is 56.6 Å². The summed E-state index contributed by atoms with van der Waals surface area (Å²) in [5.41, 5.74) is -0.105. The van der Waals surface area contributed by atoms with Crippen LogP contribution in [-0.2, 0) is 19.1 Å². The summed E-state index contributed by atoms with van der Waals surface area (Å²) in [5.74, 6) is -3.40. The maximum atomic E-state index is 14.7. The highest BCUT2D eigenvalue weighted by Gasteiger charge is 2.52. The van der Waals surface area contributed by atoms with Crippen LogP contribution < -0.4 is 4.90 Å². The van der Waals surface area contributed by atoms with E-state index in [4.69, 9.17) is 32.7 Å². The molecule has 5 rings (SSSR count). The van der Waals surface area contributed by atoms with Gasteiger partial charge in [0.15, 0.2) is 17.7 Å². The lowest BCUT2D eigenvalue weighted by molar-refractivity contribution is -0.211. The van der Waals surface area contributed by atoms with E-state index in [1.807, 2.05) is 0 Å². The summed E-state index contributed by atoms with van der Waals surface area (Å²) in [6.45, 7) is 0.529. The van der Waals surface area contributed by atoms with E-state index >= 15 is 0 Å². The molecule has 1 aromatic heterocycles. The van der Waals surface area contributed by atoms with Crippen molar-refractivity contribution in [2.45, 2.75) is 49.5 Å². The van der Waals surface area contributed by atoms with Crippen LogP contribution in [0, 0.1) is 11.6 Å². The fraction of sp³-hybridized carbons (Fsp3) is 0.429. The van der Waals surface area contributed by atoms with Crippen LogP contribution in [0.15, 0.2) is 41.0 Å². The second-order valence-electron chi connectivity index (χ2n) is 10.7. The van der Waals surface area contributed by atoms with Crippen molar-refractivity contribution < 1.29 is 43.2 Å². The number of aliphatic hydroxyl groups excluding tert-OH is 3. The molecule has 0 saturated carbocycles. The normalized spacial score (nSPS) is 26.7. The van der Waals surface area contributed by atoms with Gasteiger partial charge in [-0.25, -0.2) is 13.5 Å². The average Bonchev–Trinajstić information content (AvgIpc) is 3.62. The summed E-state index contributed by atoms with van der Waals surface area (Å²) >= 11 is 15.5. The van der Waals surface area contributed by atoms with Gasteiger partial charge in [0.05, 0.1) is 29.4 Å². The molecule has 45 heavy (non-hydrogen) atoms. The number of nitrogens with zero attached hydrogens (tertiary/aromatic N) is 5. The summed E-state index contributed by atoms with van der Waals surface area (Å²) in [4.78, 5) is 29.2. The Hall–Kier alpha value is -2.76. The fourth-order valence-electron chi connectivity index (χ4n) is 5.71. The van der Waals surface area contributed by atoms with Gasteiger partial charge < -0.3 is 34.6 Å². The van der Waals surface area contributed by atoms with Gasteiger partial charge in [0.1, 0.15) is 30.0 Å². The van der Waals surface area contributed by atoms with Crippen LogP contribution in [0.1, 0.15) is 13.0 Å². The van der Waals surface area contributed by atoms with E-state index in [0.29, 0.717) is 0 Å². The largest absolute Gasteiger partial charge is 0.394 e. The van der Waals surface area contributed by atoms with Crippen LogP contribution in [0.25, 0.3) is 11.3 Å². The Kier molecular flexibility index (Phi) is 10.1. The molecule has 2 aliphatic rings. The molecule has 5 unspecified atom stereocenters. The van der Waals surface area contributed by atoms with Gasteiger partial charge in [0, 0.05) is 48.4 Å². The summed E-state index contributed by atoms with van der Waals surface area (Å²) in [5, 5.41) is 40.7. The third kappa shape index (κ3) is 6.45. The van der Waals surface area contributed by atoms with E-state index < -0.39 is 66.8 Å².